The van der Waals surface area contributed by atoms with Gasteiger partial charge in [-0.25, -0.2) is 4.98 Å². The summed E-state index contributed by atoms with van der Waals surface area (Å²) >= 11 is 1.36. The Hall–Kier alpha value is -2.45. The molecule has 1 aliphatic heterocycles. The van der Waals surface area contributed by atoms with E-state index in [2.05, 4.69) is 27.3 Å². The number of para-hydroxylation sites is 1. The zero-order chi connectivity index (χ0) is 18.4. The number of rotatable bonds is 6. The lowest BCUT2D eigenvalue weighted by atomic mass is 10.2. The van der Waals surface area contributed by atoms with Gasteiger partial charge in [0, 0.05) is 56.8 Å². The third-order valence-corrected chi connectivity index (χ3v) is 5.21. The molecule has 2 aromatic rings. The number of nitrogens with one attached hydrogen (secondary N) is 1. The molecule has 0 atom stereocenters. The first-order chi connectivity index (χ1) is 12.7. The van der Waals surface area contributed by atoms with Crippen molar-refractivity contribution in [3.05, 3.63) is 46.4 Å². The number of hydrogen-bond donors (Lipinski definition) is 2. The monoisotopic (exact) mass is 373 g/mol. The molecule has 138 valence electrons. The number of benzene rings is 1. The first kappa shape index (κ1) is 18.3. The summed E-state index contributed by atoms with van der Waals surface area (Å²) in [6.45, 7) is 3.68. The Morgan fingerprint density at radius 3 is 2.54 bits per heavy atom. The number of aromatic nitrogens is 1. The van der Waals surface area contributed by atoms with E-state index in [1.165, 1.54) is 17.0 Å². The number of carbonyl (C=O) groups excluding carboxylic acids is 2. The van der Waals surface area contributed by atoms with Gasteiger partial charge in [-0.15, -0.1) is 11.3 Å². The summed E-state index contributed by atoms with van der Waals surface area (Å²) in [5.74, 6) is -0.193. The lowest BCUT2D eigenvalue weighted by Crippen LogP contribution is -2.49. The molecule has 3 rings (SSSR count). The largest absolute Gasteiger partial charge is 0.368 e. The van der Waals surface area contributed by atoms with Crippen molar-refractivity contribution in [2.75, 3.05) is 37.6 Å². The number of nitrogens with two attached hydrogens (primary N) is 1. The van der Waals surface area contributed by atoms with E-state index >= 15 is 0 Å². The van der Waals surface area contributed by atoms with Crippen molar-refractivity contribution in [2.24, 2.45) is 5.73 Å². The van der Waals surface area contributed by atoms with Gasteiger partial charge in [0.05, 0.1) is 0 Å². The highest BCUT2D eigenvalue weighted by Gasteiger charge is 2.21. The smallest absolute Gasteiger partial charge is 0.270 e. The number of piperazine rings is 1. The molecule has 8 heteroatoms. The molecule has 1 aromatic heterocycles. The quantitative estimate of drug-likeness (QED) is 0.790. The maximum absolute atomic E-state index is 12.3. The topological polar surface area (TPSA) is 91.6 Å². The lowest BCUT2D eigenvalue weighted by Gasteiger charge is -2.36. The summed E-state index contributed by atoms with van der Waals surface area (Å²) in [6, 6.07) is 10.2. The normalized spacial score (nSPS) is 14.3. The van der Waals surface area contributed by atoms with Crippen molar-refractivity contribution < 1.29 is 9.59 Å². The molecule has 26 heavy (non-hydrogen) atoms. The fraction of sp³-hybridized carbons (Fsp3) is 0.389. The zero-order valence-corrected chi connectivity index (χ0v) is 15.4. The van der Waals surface area contributed by atoms with Crippen molar-refractivity contribution in [1.29, 1.82) is 0 Å². The molecule has 0 bridgehead atoms. The van der Waals surface area contributed by atoms with Gasteiger partial charge in [0.25, 0.3) is 5.91 Å². The first-order valence-corrected chi connectivity index (χ1v) is 9.56. The van der Waals surface area contributed by atoms with Crippen LogP contribution in [-0.2, 0) is 11.3 Å². The van der Waals surface area contributed by atoms with Gasteiger partial charge in [0.1, 0.15) is 10.7 Å². The minimum absolute atomic E-state index is 0.0685. The van der Waals surface area contributed by atoms with E-state index in [1.807, 2.05) is 23.1 Å². The van der Waals surface area contributed by atoms with E-state index in [4.69, 9.17) is 5.73 Å². The fourth-order valence-electron chi connectivity index (χ4n) is 2.89. The molecule has 0 unspecified atom stereocenters. The maximum Gasteiger partial charge on any atom is 0.270 e. The van der Waals surface area contributed by atoms with Crippen molar-refractivity contribution in [3.8, 4) is 0 Å². The molecule has 0 radical (unpaired) electrons. The van der Waals surface area contributed by atoms with Gasteiger partial charge >= 0.3 is 0 Å². The molecule has 0 spiro atoms. The summed E-state index contributed by atoms with van der Waals surface area (Å²) in [7, 11) is 0. The predicted molar refractivity (Wildman–Crippen MR) is 102 cm³/mol. The van der Waals surface area contributed by atoms with Gasteiger partial charge in [-0.3, -0.25) is 9.59 Å². The molecule has 0 aliphatic carbocycles. The van der Waals surface area contributed by atoms with Gasteiger partial charge in [0.15, 0.2) is 0 Å². The average Bonchev–Trinajstić information content (AvgIpc) is 3.18. The Morgan fingerprint density at radius 1 is 1.15 bits per heavy atom. The van der Waals surface area contributed by atoms with Gasteiger partial charge in [-0.1, -0.05) is 18.2 Å². The Morgan fingerprint density at radius 2 is 1.88 bits per heavy atom. The highest BCUT2D eigenvalue weighted by atomic mass is 32.1. The van der Waals surface area contributed by atoms with Crippen molar-refractivity contribution in [1.82, 2.24) is 15.2 Å². The molecule has 1 aromatic carbocycles. The average molecular weight is 373 g/mol. The second kappa shape index (κ2) is 8.77. The second-order valence-electron chi connectivity index (χ2n) is 6.04. The fourth-order valence-corrected chi connectivity index (χ4v) is 3.55. The van der Waals surface area contributed by atoms with Crippen molar-refractivity contribution in [2.45, 2.75) is 13.0 Å². The van der Waals surface area contributed by atoms with E-state index in [1.54, 1.807) is 5.38 Å². The number of hydrogen-bond acceptors (Lipinski definition) is 6. The molecule has 7 nitrogen and oxygen atoms in total. The summed E-state index contributed by atoms with van der Waals surface area (Å²) in [5.41, 5.74) is 7.04. The van der Waals surface area contributed by atoms with Gasteiger partial charge in [0.2, 0.25) is 5.91 Å². The minimum Gasteiger partial charge on any atom is -0.368 e. The summed E-state index contributed by atoms with van der Waals surface area (Å²) in [4.78, 5) is 32.6. The molecule has 1 fully saturated rings. The predicted octanol–water partition coefficient (Wildman–Crippen LogP) is 1.07. The highest BCUT2D eigenvalue weighted by Crippen LogP contribution is 2.15. The Kier molecular flexibility index (Phi) is 6.19. The number of anilines is 1. The van der Waals surface area contributed by atoms with Crippen LogP contribution in [0, 0.1) is 0 Å². The van der Waals surface area contributed by atoms with E-state index in [0.717, 1.165) is 18.1 Å². The van der Waals surface area contributed by atoms with Crippen LogP contribution in [0.25, 0.3) is 0 Å². The third kappa shape index (κ3) is 4.59. The molecule has 2 heterocycles. The van der Waals surface area contributed by atoms with Crippen LogP contribution in [0.5, 0.6) is 0 Å². The Bertz CT molecular complexity index is 741. The Labute approximate surface area is 156 Å². The summed E-state index contributed by atoms with van der Waals surface area (Å²) < 4.78 is 0. The van der Waals surface area contributed by atoms with Gasteiger partial charge in [-0.2, -0.15) is 0 Å². The van der Waals surface area contributed by atoms with Crippen LogP contribution in [0.2, 0.25) is 0 Å². The van der Waals surface area contributed by atoms with Crippen LogP contribution in [0.4, 0.5) is 5.69 Å². The number of nitrogens with zero attached hydrogens (tertiary/aromatic N) is 3. The number of amides is 2. The van der Waals surface area contributed by atoms with E-state index < -0.39 is 0 Å². The van der Waals surface area contributed by atoms with Crippen LogP contribution in [0.3, 0.4) is 0 Å². The van der Waals surface area contributed by atoms with Crippen LogP contribution in [-0.4, -0.2) is 54.4 Å². The van der Waals surface area contributed by atoms with Crippen LogP contribution < -0.4 is 16.0 Å². The Balaban J connectivity index is 1.40. The lowest BCUT2D eigenvalue weighted by molar-refractivity contribution is -0.131. The van der Waals surface area contributed by atoms with E-state index in [-0.39, 0.29) is 11.8 Å². The number of carbonyl (C=O) groups is 2. The molecule has 2 amide bonds. The summed E-state index contributed by atoms with van der Waals surface area (Å²) in [6.07, 6.45) is 0.297. The molecule has 1 saturated heterocycles. The third-order valence-electron chi connectivity index (χ3n) is 4.34. The molecule has 0 saturated carbocycles. The van der Waals surface area contributed by atoms with Crippen molar-refractivity contribution >= 4 is 28.8 Å². The van der Waals surface area contributed by atoms with Crippen molar-refractivity contribution in [3.63, 3.8) is 0 Å². The molecular formula is C18H23N5O2S. The van der Waals surface area contributed by atoms with Crippen LogP contribution in [0.1, 0.15) is 21.9 Å². The summed E-state index contributed by atoms with van der Waals surface area (Å²) in [5, 5.41) is 5.15. The van der Waals surface area contributed by atoms with Gasteiger partial charge in [-0.05, 0) is 12.1 Å². The molecule has 1 aliphatic rings. The first-order valence-electron chi connectivity index (χ1n) is 8.68. The standard InChI is InChI=1S/C18H23N5O2S/c19-12-16-21-15(13-26-16)18(25)20-7-6-17(24)23-10-8-22(9-11-23)14-4-2-1-3-5-14/h1-5,13H,6-12,19H2,(H,20,25). The van der Waals surface area contributed by atoms with E-state index in [9.17, 15) is 9.59 Å². The van der Waals surface area contributed by atoms with Crippen LogP contribution >= 0.6 is 11.3 Å². The second-order valence-corrected chi connectivity index (χ2v) is 6.98. The number of thiazole rings is 1. The van der Waals surface area contributed by atoms with Gasteiger partial charge < -0.3 is 20.9 Å². The van der Waals surface area contributed by atoms with Crippen LogP contribution in [0.15, 0.2) is 35.7 Å². The highest BCUT2D eigenvalue weighted by molar-refractivity contribution is 7.09. The van der Waals surface area contributed by atoms with E-state index in [0.29, 0.717) is 38.3 Å². The SMILES string of the molecule is NCc1nc(C(=O)NCCC(=O)N2CCN(c3ccccc3)CC2)cs1. The molecule has 3 N–H and O–H groups in total. The maximum atomic E-state index is 12.3. The molecular weight excluding hydrogens is 350 g/mol. The zero-order valence-electron chi connectivity index (χ0n) is 14.6. The minimum atomic E-state index is -0.261.